The van der Waals surface area contributed by atoms with E-state index in [1.54, 1.807) is 6.92 Å². The Morgan fingerprint density at radius 1 is 1.40 bits per heavy atom. The van der Waals surface area contributed by atoms with E-state index in [0.29, 0.717) is 6.61 Å². The van der Waals surface area contributed by atoms with Crippen molar-refractivity contribution in [2.75, 3.05) is 6.61 Å². The van der Waals surface area contributed by atoms with Crippen molar-refractivity contribution in [3.8, 4) is 0 Å². The van der Waals surface area contributed by atoms with Crippen LogP contribution < -0.4 is 0 Å². The molecule has 2 nitrogen and oxygen atoms in total. The monoisotopic (exact) mass is 248 g/mol. The van der Waals surface area contributed by atoms with E-state index >= 15 is 0 Å². The molecule has 0 amide bonds. The number of hydrogen-bond donors (Lipinski definition) is 0. The minimum atomic E-state index is -1.64. The third-order valence-corrected chi connectivity index (χ3v) is 8.22. The largest absolute Gasteiger partial charge is 0.416 e. The van der Waals surface area contributed by atoms with Crippen LogP contribution in [-0.4, -0.2) is 25.3 Å². The second kappa shape index (κ2) is 5.50. The summed E-state index contributed by atoms with van der Waals surface area (Å²) in [5.74, 6) is 0. The Bertz CT molecular complexity index is 221. The van der Waals surface area contributed by atoms with E-state index in [2.05, 4.69) is 33.9 Å². The van der Waals surface area contributed by atoms with Gasteiger partial charge in [-0.25, -0.2) is 0 Å². The number of thioether (sulfide) groups is 1. The molecule has 0 heterocycles. The average Bonchev–Trinajstić information content (AvgIpc) is 1.97. The molecule has 0 aromatic heterocycles. The molecule has 0 radical (unpaired) electrons. The Balaban J connectivity index is 4.10. The zero-order valence-electron chi connectivity index (χ0n) is 11.0. The predicted molar refractivity (Wildman–Crippen MR) is 70.9 cm³/mol. The van der Waals surface area contributed by atoms with Gasteiger partial charge in [-0.3, -0.25) is 4.79 Å². The van der Waals surface area contributed by atoms with Crippen LogP contribution in [0.1, 0.15) is 34.6 Å². The van der Waals surface area contributed by atoms with Gasteiger partial charge in [0.05, 0.1) is 0 Å². The predicted octanol–water partition coefficient (Wildman–Crippen LogP) is 3.68. The summed E-state index contributed by atoms with van der Waals surface area (Å²) < 4.78 is 6.02. The van der Waals surface area contributed by atoms with Crippen LogP contribution in [0.5, 0.6) is 0 Å². The third-order valence-electron chi connectivity index (χ3n) is 2.85. The highest BCUT2D eigenvalue weighted by atomic mass is 32.2. The molecule has 90 valence electrons. The molecule has 0 rings (SSSR count). The van der Waals surface area contributed by atoms with Gasteiger partial charge in [-0.1, -0.05) is 39.5 Å². The van der Waals surface area contributed by atoms with Crippen molar-refractivity contribution >= 4 is 25.2 Å². The van der Waals surface area contributed by atoms with Gasteiger partial charge in [0.1, 0.15) is 0 Å². The summed E-state index contributed by atoms with van der Waals surface area (Å²) >= 11 is 1.36. The molecule has 15 heavy (non-hydrogen) atoms. The van der Waals surface area contributed by atoms with Gasteiger partial charge in [-0.2, -0.15) is 0 Å². The number of rotatable bonds is 4. The molecule has 0 aliphatic carbocycles. The van der Waals surface area contributed by atoms with Crippen molar-refractivity contribution in [3.63, 3.8) is 0 Å². The maximum Gasteiger partial charge on any atom is 0.192 e. The van der Waals surface area contributed by atoms with Gasteiger partial charge in [-0.05, 0) is 18.1 Å². The van der Waals surface area contributed by atoms with Crippen LogP contribution in [0.15, 0.2) is 0 Å². The van der Waals surface area contributed by atoms with Crippen LogP contribution in [0.25, 0.3) is 0 Å². The van der Waals surface area contributed by atoms with Crippen LogP contribution in [0.4, 0.5) is 0 Å². The van der Waals surface area contributed by atoms with Crippen LogP contribution in [0.2, 0.25) is 18.1 Å². The quantitative estimate of drug-likeness (QED) is 0.710. The van der Waals surface area contributed by atoms with Gasteiger partial charge >= 0.3 is 0 Å². The highest BCUT2D eigenvalue weighted by molar-refractivity contribution is 8.14. The van der Waals surface area contributed by atoms with Crippen molar-refractivity contribution in [1.82, 2.24) is 0 Å². The van der Waals surface area contributed by atoms with E-state index in [0.717, 1.165) is 0 Å². The van der Waals surface area contributed by atoms with Crippen molar-refractivity contribution in [2.24, 2.45) is 0 Å². The summed E-state index contributed by atoms with van der Waals surface area (Å²) in [6, 6.07) is 0. The normalized spacial score (nSPS) is 15.1. The number of carbonyl (C=O) groups is 1. The van der Waals surface area contributed by atoms with Crippen molar-refractivity contribution in [1.29, 1.82) is 0 Å². The zero-order valence-corrected chi connectivity index (χ0v) is 12.8. The summed E-state index contributed by atoms with van der Waals surface area (Å²) in [6.07, 6.45) is 0. The van der Waals surface area contributed by atoms with Crippen LogP contribution in [0.3, 0.4) is 0 Å². The molecule has 0 spiro atoms. The standard InChI is InChI=1S/C11H24O2SSi/c1-9(14-10(2)12)8-13-15(6,7)11(3,4)5/h9H,8H2,1-7H3/t9-/m0/s1. The molecule has 0 aliphatic rings. The zero-order chi connectivity index (χ0) is 12.3. The van der Waals surface area contributed by atoms with Crippen molar-refractivity contribution < 1.29 is 9.22 Å². The minimum absolute atomic E-state index is 0.168. The highest BCUT2D eigenvalue weighted by Crippen LogP contribution is 2.36. The van der Waals surface area contributed by atoms with Crippen LogP contribution in [-0.2, 0) is 9.22 Å². The lowest BCUT2D eigenvalue weighted by atomic mass is 10.2. The fraction of sp³-hybridized carbons (Fsp3) is 0.909. The first kappa shape index (κ1) is 15.2. The molecule has 0 aromatic carbocycles. The summed E-state index contributed by atoms with van der Waals surface area (Å²) in [7, 11) is -1.64. The average molecular weight is 248 g/mol. The fourth-order valence-corrected chi connectivity index (χ4v) is 2.78. The molecule has 4 heteroatoms. The lowest BCUT2D eigenvalue weighted by molar-refractivity contribution is -0.109. The van der Waals surface area contributed by atoms with Gasteiger partial charge in [0, 0.05) is 18.8 Å². The summed E-state index contributed by atoms with van der Waals surface area (Å²) in [5.41, 5.74) is 0. The lowest BCUT2D eigenvalue weighted by Gasteiger charge is -2.36. The van der Waals surface area contributed by atoms with Crippen molar-refractivity contribution in [3.05, 3.63) is 0 Å². The fourth-order valence-electron chi connectivity index (χ4n) is 0.860. The molecule has 0 aliphatic heterocycles. The highest BCUT2D eigenvalue weighted by Gasteiger charge is 2.37. The SMILES string of the molecule is CC(=O)S[C@@H](C)CO[Si](C)(C)C(C)(C)C. The van der Waals surface area contributed by atoms with Gasteiger partial charge < -0.3 is 4.43 Å². The Kier molecular flexibility index (Phi) is 5.58. The first-order chi connectivity index (χ1) is 6.56. The molecule has 0 saturated carbocycles. The molecular weight excluding hydrogens is 224 g/mol. The number of carbonyl (C=O) groups excluding carboxylic acids is 1. The first-order valence-electron chi connectivity index (χ1n) is 5.37. The van der Waals surface area contributed by atoms with E-state index in [1.165, 1.54) is 11.8 Å². The lowest BCUT2D eigenvalue weighted by Crippen LogP contribution is -2.42. The van der Waals surface area contributed by atoms with Crippen molar-refractivity contribution in [2.45, 2.75) is 58.0 Å². The molecule has 0 N–H and O–H groups in total. The maximum atomic E-state index is 10.9. The smallest absolute Gasteiger partial charge is 0.192 e. The van der Waals surface area contributed by atoms with E-state index in [-0.39, 0.29) is 15.4 Å². The molecule has 1 atom stereocenters. The van der Waals surface area contributed by atoms with Gasteiger partial charge in [0.25, 0.3) is 0 Å². The first-order valence-corrected chi connectivity index (χ1v) is 9.16. The maximum absolute atomic E-state index is 10.9. The molecule has 0 unspecified atom stereocenters. The topological polar surface area (TPSA) is 26.3 Å². The summed E-state index contributed by atoms with van der Waals surface area (Å²) in [5, 5.41) is 0.672. The van der Waals surface area contributed by atoms with Crippen LogP contribution >= 0.6 is 11.8 Å². The molecule has 0 aromatic rings. The summed E-state index contributed by atoms with van der Waals surface area (Å²) in [6.45, 7) is 15.5. The molecule has 0 saturated heterocycles. The van der Waals surface area contributed by atoms with E-state index in [1.807, 2.05) is 6.92 Å². The van der Waals surface area contributed by atoms with Gasteiger partial charge in [-0.15, -0.1) is 0 Å². The Morgan fingerprint density at radius 3 is 2.20 bits per heavy atom. The summed E-state index contributed by atoms with van der Waals surface area (Å²) in [4.78, 5) is 10.9. The number of hydrogen-bond acceptors (Lipinski definition) is 3. The minimum Gasteiger partial charge on any atom is -0.416 e. The van der Waals surface area contributed by atoms with E-state index in [4.69, 9.17) is 4.43 Å². The van der Waals surface area contributed by atoms with Crippen LogP contribution in [0, 0.1) is 0 Å². The Morgan fingerprint density at radius 2 is 1.87 bits per heavy atom. The Labute approximate surface area is 99.3 Å². The third kappa shape index (κ3) is 5.73. The van der Waals surface area contributed by atoms with E-state index in [9.17, 15) is 4.79 Å². The Hall–Kier alpha value is 0.197. The van der Waals surface area contributed by atoms with E-state index < -0.39 is 8.32 Å². The molecular formula is C11H24O2SSi. The second-order valence-electron chi connectivity index (χ2n) is 5.49. The van der Waals surface area contributed by atoms with Gasteiger partial charge in [0.15, 0.2) is 13.4 Å². The second-order valence-corrected chi connectivity index (χ2v) is 11.9. The molecule has 0 bridgehead atoms. The molecule has 0 fully saturated rings. The van der Waals surface area contributed by atoms with Gasteiger partial charge in [0.2, 0.25) is 0 Å².